The van der Waals surface area contributed by atoms with E-state index in [0.717, 1.165) is 23.8 Å². The highest BCUT2D eigenvalue weighted by molar-refractivity contribution is 7.11. The molecular weight excluding hydrogens is 232 g/mol. The summed E-state index contributed by atoms with van der Waals surface area (Å²) in [6.07, 6.45) is 4.55. The van der Waals surface area contributed by atoms with Crippen LogP contribution in [0.3, 0.4) is 0 Å². The first kappa shape index (κ1) is 12.3. The van der Waals surface area contributed by atoms with Crippen LogP contribution in [-0.4, -0.2) is 21.5 Å². The van der Waals surface area contributed by atoms with Crippen molar-refractivity contribution in [2.75, 3.05) is 6.54 Å². The van der Waals surface area contributed by atoms with Crippen LogP contribution < -0.4 is 5.32 Å². The lowest BCUT2D eigenvalue weighted by Crippen LogP contribution is -2.22. The number of aromatic amines is 1. The summed E-state index contributed by atoms with van der Waals surface area (Å²) in [4.78, 5) is 13.2. The minimum absolute atomic E-state index is 0.301. The monoisotopic (exact) mass is 250 g/mol. The van der Waals surface area contributed by atoms with Gasteiger partial charge in [-0.25, -0.2) is 9.97 Å². The number of nitrogens with zero attached hydrogens (tertiary/aromatic N) is 2. The molecule has 0 saturated heterocycles. The molecule has 1 atom stereocenters. The Balaban J connectivity index is 1.85. The lowest BCUT2D eigenvalue weighted by Gasteiger charge is -2.11. The van der Waals surface area contributed by atoms with Gasteiger partial charge in [-0.05, 0) is 20.8 Å². The van der Waals surface area contributed by atoms with Crippen LogP contribution in [-0.2, 0) is 6.42 Å². The second kappa shape index (κ2) is 5.42. The van der Waals surface area contributed by atoms with E-state index in [1.807, 2.05) is 6.20 Å². The second-order valence-corrected chi connectivity index (χ2v) is 5.54. The van der Waals surface area contributed by atoms with Crippen LogP contribution in [0.1, 0.15) is 34.4 Å². The summed E-state index contributed by atoms with van der Waals surface area (Å²) in [6, 6.07) is 0.301. The van der Waals surface area contributed by atoms with Gasteiger partial charge in [0, 0.05) is 36.3 Å². The van der Waals surface area contributed by atoms with Crippen molar-refractivity contribution in [2.24, 2.45) is 0 Å². The first-order chi connectivity index (χ1) is 8.16. The molecule has 5 heteroatoms. The average molecular weight is 250 g/mol. The highest BCUT2D eigenvalue weighted by Crippen LogP contribution is 2.22. The fourth-order valence-electron chi connectivity index (χ4n) is 1.89. The Hall–Kier alpha value is -1.20. The third kappa shape index (κ3) is 3.14. The number of rotatable bonds is 5. The Morgan fingerprint density at radius 2 is 2.29 bits per heavy atom. The predicted octanol–water partition coefficient (Wildman–Crippen LogP) is 2.38. The third-order valence-corrected chi connectivity index (χ3v) is 3.62. The molecule has 0 aliphatic carbocycles. The van der Waals surface area contributed by atoms with Gasteiger partial charge in [0.05, 0.1) is 10.7 Å². The largest absolute Gasteiger partial charge is 0.349 e. The van der Waals surface area contributed by atoms with Crippen LogP contribution in [0.4, 0.5) is 0 Å². The molecule has 2 aromatic heterocycles. The maximum absolute atomic E-state index is 4.56. The Kier molecular flexibility index (Phi) is 3.91. The number of hydrogen-bond acceptors (Lipinski definition) is 4. The third-order valence-electron chi connectivity index (χ3n) is 2.72. The van der Waals surface area contributed by atoms with E-state index in [0.29, 0.717) is 6.04 Å². The van der Waals surface area contributed by atoms with E-state index in [1.54, 1.807) is 17.5 Å². The van der Waals surface area contributed by atoms with Crippen LogP contribution in [0.5, 0.6) is 0 Å². The average Bonchev–Trinajstić information content (AvgIpc) is 2.88. The maximum Gasteiger partial charge on any atom is 0.107 e. The van der Waals surface area contributed by atoms with Crippen LogP contribution in [0.15, 0.2) is 12.4 Å². The van der Waals surface area contributed by atoms with Gasteiger partial charge < -0.3 is 10.3 Å². The number of thiazole rings is 1. The molecule has 1 unspecified atom stereocenters. The van der Waals surface area contributed by atoms with E-state index in [1.165, 1.54) is 10.6 Å². The summed E-state index contributed by atoms with van der Waals surface area (Å²) < 4.78 is 0. The smallest absolute Gasteiger partial charge is 0.107 e. The topological polar surface area (TPSA) is 53.6 Å². The molecule has 0 aliphatic heterocycles. The molecule has 4 nitrogen and oxygen atoms in total. The van der Waals surface area contributed by atoms with Gasteiger partial charge in [-0.15, -0.1) is 11.3 Å². The molecule has 0 amide bonds. The van der Waals surface area contributed by atoms with E-state index >= 15 is 0 Å². The van der Waals surface area contributed by atoms with Gasteiger partial charge in [0.1, 0.15) is 5.82 Å². The maximum atomic E-state index is 4.56. The number of aromatic nitrogens is 3. The van der Waals surface area contributed by atoms with Crippen LogP contribution >= 0.6 is 11.3 Å². The van der Waals surface area contributed by atoms with E-state index in [9.17, 15) is 0 Å². The molecular formula is C12H18N4S. The van der Waals surface area contributed by atoms with Crippen molar-refractivity contribution in [3.63, 3.8) is 0 Å². The SMILES string of the molecule is Cc1nc(C(C)NCCc2ncc[nH]2)c(C)s1. The fourth-order valence-corrected chi connectivity index (χ4v) is 2.80. The highest BCUT2D eigenvalue weighted by atomic mass is 32.1. The molecule has 0 bridgehead atoms. The lowest BCUT2D eigenvalue weighted by atomic mass is 10.2. The summed E-state index contributed by atoms with van der Waals surface area (Å²) >= 11 is 1.76. The second-order valence-electron chi connectivity index (χ2n) is 4.14. The molecule has 2 rings (SSSR count). The van der Waals surface area contributed by atoms with E-state index in [2.05, 4.69) is 41.0 Å². The van der Waals surface area contributed by atoms with Crippen LogP contribution in [0, 0.1) is 13.8 Å². The zero-order valence-electron chi connectivity index (χ0n) is 10.4. The first-order valence-electron chi connectivity index (χ1n) is 5.82. The summed E-state index contributed by atoms with van der Waals surface area (Å²) in [5.74, 6) is 1.02. The normalized spacial score (nSPS) is 12.9. The van der Waals surface area contributed by atoms with Crippen LogP contribution in [0.25, 0.3) is 0 Å². The zero-order chi connectivity index (χ0) is 12.3. The Bertz CT molecular complexity index is 461. The molecule has 2 heterocycles. The first-order valence-corrected chi connectivity index (χ1v) is 6.64. The van der Waals surface area contributed by atoms with Gasteiger partial charge in [0.25, 0.3) is 0 Å². The van der Waals surface area contributed by atoms with Gasteiger partial charge in [0.15, 0.2) is 0 Å². The van der Waals surface area contributed by atoms with E-state index in [4.69, 9.17) is 0 Å². The summed E-state index contributed by atoms with van der Waals surface area (Å²) in [5.41, 5.74) is 1.17. The molecule has 0 fully saturated rings. The number of hydrogen-bond donors (Lipinski definition) is 2. The van der Waals surface area contributed by atoms with Gasteiger partial charge in [0.2, 0.25) is 0 Å². The Morgan fingerprint density at radius 1 is 1.47 bits per heavy atom. The molecule has 0 aliphatic rings. The minimum Gasteiger partial charge on any atom is -0.349 e. The molecule has 0 radical (unpaired) electrons. The van der Waals surface area contributed by atoms with Gasteiger partial charge in [-0.1, -0.05) is 0 Å². The van der Waals surface area contributed by atoms with Crippen molar-refractivity contribution >= 4 is 11.3 Å². The molecule has 2 aromatic rings. The number of aryl methyl sites for hydroxylation is 2. The highest BCUT2D eigenvalue weighted by Gasteiger charge is 2.12. The number of nitrogens with one attached hydrogen (secondary N) is 2. The van der Waals surface area contributed by atoms with Crippen molar-refractivity contribution in [1.82, 2.24) is 20.3 Å². The van der Waals surface area contributed by atoms with Gasteiger partial charge >= 0.3 is 0 Å². The molecule has 0 saturated carbocycles. The quantitative estimate of drug-likeness (QED) is 0.856. The van der Waals surface area contributed by atoms with Gasteiger partial charge in [-0.3, -0.25) is 0 Å². The zero-order valence-corrected chi connectivity index (χ0v) is 11.3. The summed E-state index contributed by atoms with van der Waals surface area (Å²) in [5, 5.41) is 4.61. The van der Waals surface area contributed by atoms with Crippen LogP contribution in [0.2, 0.25) is 0 Å². The Morgan fingerprint density at radius 3 is 2.88 bits per heavy atom. The molecule has 2 N–H and O–H groups in total. The lowest BCUT2D eigenvalue weighted by molar-refractivity contribution is 0.559. The van der Waals surface area contributed by atoms with E-state index < -0.39 is 0 Å². The summed E-state index contributed by atoms with van der Waals surface area (Å²) in [6.45, 7) is 7.25. The summed E-state index contributed by atoms with van der Waals surface area (Å²) in [7, 11) is 0. The molecule has 17 heavy (non-hydrogen) atoms. The van der Waals surface area contributed by atoms with Crippen molar-refractivity contribution in [3.05, 3.63) is 33.8 Å². The minimum atomic E-state index is 0.301. The standard InChI is InChI=1S/C12H18N4S/c1-8(12-9(2)17-10(3)16-12)13-5-4-11-14-6-7-15-11/h6-8,13H,4-5H2,1-3H3,(H,14,15). The van der Waals surface area contributed by atoms with Crippen molar-refractivity contribution < 1.29 is 0 Å². The fraction of sp³-hybridized carbons (Fsp3) is 0.500. The number of H-pyrrole nitrogens is 1. The molecule has 0 aromatic carbocycles. The van der Waals surface area contributed by atoms with Gasteiger partial charge in [-0.2, -0.15) is 0 Å². The predicted molar refractivity (Wildman–Crippen MR) is 70.3 cm³/mol. The molecule has 0 spiro atoms. The van der Waals surface area contributed by atoms with Crippen molar-refractivity contribution in [2.45, 2.75) is 33.2 Å². The Labute approximate surface area is 106 Å². The molecule has 92 valence electrons. The van der Waals surface area contributed by atoms with Crippen molar-refractivity contribution in [3.8, 4) is 0 Å². The van der Waals surface area contributed by atoms with Crippen molar-refractivity contribution in [1.29, 1.82) is 0 Å². The number of imidazole rings is 1. The van der Waals surface area contributed by atoms with E-state index in [-0.39, 0.29) is 0 Å².